The quantitative estimate of drug-likeness (QED) is 0.569. The molecule has 0 saturated heterocycles. The van der Waals surface area contributed by atoms with Crippen LogP contribution in [0.2, 0.25) is 0 Å². The van der Waals surface area contributed by atoms with Crippen molar-refractivity contribution < 1.29 is 39.1 Å². The van der Waals surface area contributed by atoms with Gasteiger partial charge < -0.3 is 39.1 Å². The van der Waals surface area contributed by atoms with E-state index < -0.39 is 22.8 Å². The highest BCUT2D eigenvalue weighted by Gasteiger charge is 2.56. The zero-order chi connectivity index (χ0) is 20.0. The molecule has 1 aromatic heterocycles. The third-order valence-corrected chi connectivity index (χ3v) is 4.37. The van der Waals surface area contributed by atoms with Crippen molar-refractivity contribution in [2.24, 2.45) is 0 Å². The molecule has 0 bridgehead atoms. The molecule has 0 radical (unpaired) electrons. The largest absolute Gasteiger partial charge is 0.508 e. The minimum Gasteiger partial charge on any atom is -0.508 e. The molecule has 9 nitrogen and oxygen atoms in total. The van der Waals surface area contributed by atoms with E-state index in [0.29, 0.717) is 0 Å². The van der Waals surface area contributed by atoms with E-state index in [1.54, 1.807) is 0 Å². The lowest BCUT2D eigenvalue weighted by molar-refractivity contribution is -0.343. The van der Waals surface area contributed by atoms with Crippen LogP contribution >= 0.6 is 0 Å². The Hall–Kier alpha value is -2.85. The Morgan fingerprint density at radius 1 is 1.04 bits per heavy atom. The molecular weight excluding hydrogens is 360 g/mol. The third kappa shape index (κ3) is 2.77. The first-order valence-corrected chi connectivity index (χ1v) is 7.73. The van der Waals surface area contributed by atoms with E-state index in [0.717, 1.165) is 12.1 Å². The molecule has 0 atom stereocenters. The molecule has 144 valence electrons. The Balaban J connectivity index is 2.28. The van der Waals surface area contributed by atoms with Crippen molar-refractivity contribution in [3.8, 4) is 11.5 Å². The van der Waals surface area contributed by atoms with Crippen molar-refractivity contribution in [3.63, 3.8) is 0 Å². The van der Waals surface area contributed by atoms with E-state index in [4.69, 9.17) is 18.6 Å². The molecule has 4 N–H and O–H groups in total. The van der Waals surface area contributed by atoms with Crippen LogP contribution in [0.4, 0.5) is 0 Å². The molecule has 9 heteroatoms. The fourth-order valence-corrected chi connectivity index (χ4v) is 2.99. The SMILES string of the molecule is COC1=CC(c2cc(=O)c3c(O)cc(O)cc3o2)=CC(OC)(OC)C1(O)O. The second-order valence-corrected chi connectivity index (χ2v) is 5.87. The van der Waals surface area contributed by atoms with Crippen molar-refractivity contribution in [3.05, 3.63) is 52.1 Å². The number of fused-ring (bicyclic) bond motifs is 1. The normalized spacial score (nSPS) is 18.1. The van der Waals surface area contributed by atoms with Crippen LogP contribution in [0.3, 0.4) is 0 Å². The number of phenolic OH excluding ortho intramolecular Hbond substituents is 2. The van der Waals surface area contributed by atoms with Gasteiger partial charge in [0.25, 0.3) is 11.6 Å². The fraction of sp³-hybridized carbons (Fsp3) is 0.278. The second-order valence-electron chi connectivity index (χ2n) is 5.87. The number of rotatable bonds is 4. The summed E-state index contributed by atoms with van der Waals surface area (Å²) in [6.45, 7) is 0. The maximum Gasteiger partial charge on any atom is 0.283 e. The van der Waals surface area contributed by atoms with Gasteiger partial charge in [0, 0.05) is 38.0 Å². The Kier molecular flexibility index (Phi) is 4.48. The number of phenols is 2. The molecule has 0 amide bonds. The van der Waals surface area contributed by atoms with Crippen LogP contribution in [0.5, 0.6) is 11.5 Å². The molecule has 0 unspecified atom stereocenters. The van der Waals surface area contributed by atoms with Crippen LogP contribution in [0.15, 0.2) is 45.3 Å². The van der Waals surface area contributed by atoms with Gasteiger partial charge in [0.05, 0.1) is 7.11 Å². The molecule has 1 aliphatic rings. The summed E-state index contributed by atoms with van der Waals surface area (Å²) in [6, 6.07) is 3.30. The van der Waals surface area contributed by atoms with Crippen LogP contribution in [0.1, 0.15) is 5.76 Å². The molecule has 27 heavy (non-hydrogen) atoms. The van der Waals surface area contributed by atoms with Gasteiger partial charge in [-0.05, 0) is 12.2 Å². The highest BCUT2D eigenvalue weighted by atomic mass is 16.7. The highest BCUT2D eigenvalue weighted by Crippen LogP contribution is 2.41. The first-order chi connectivity index (χ1) is 12.7. The number of hydrogen-bond acceptors (Lipinski definition) is 9. The fourth-order valence-electron chi connectivity index (χ4n) is 2.99. The van der Waals surface area contributed by atoms with Crippen molar-refractivity contribution in [2.75, 3.05) is 21.3 Å². The summed E-state index contributed by atoms with van der Waals surface area (Å²) in [5.41, 5.74) is -0.438. The van der Waals surface area contributed by atoms with Gasteiger partial charge in [0.15, 0.2) is 11.2 Å². The van der Waals surface area contributed by atoms with E-state index >= 15 is 0 Å². The topological polar surface area (TPSA) is 139 Å². The lowest BCUT2D eigenvalue weighted by atomic mass is 9.92. The predicted molar refractivity (Wildman–Crippen MR) is 92.8 cm³/mol. The minimum atomic E-state index is -2.65. The Morgan fingerprint density at radius 3 is 2.30 bits per heavy atom. The standard InChI is InChI=1S/C18H18O9/c1-24-15-4-9(8-17(25-2,26-3)18(15,22)23)13-7-12(21)16-11(20)5-10(19)6-14(16)27-13/h4-8,19-20,22-23H,1-3H3. The molecule has 1 aliphatic carbocycles. The van der Waals surface area contributed by atoms with Crippen LogP contribution in [-0.4, -0.2) is 53.3 Å². The molecule has 3 rings (SSSR count). The summed E-state index contributed by atoms with van der Waals surface area (Å²) >= 11 is 0. The molecule has 1 heterocycles. The first-order valence-electron chi connectivity index (χ1n) is 7.73. The lowest BCUT2D eigenvalue weighted by Gasteiger charge is -2.41. The van der Waals surface area contributed by atoms with E-state index in [1.165, 1.54) is 39.5 Å². The van der Waals surface area contributed by atoms with Gasteiger partial charge in [-0.3, -0.25) is 4.79 Å². The smallest absolute Gasteiger partial charge is 0.283 e. The summed E-state index contributed by atoms with van der Waals surface area (Å²) in [5.74, 6) is -5.73. The Morgan fingerprint density at radius 2 is 1.70 bits per heavy atom. The molecular formula is C18H18O9. The van der Waals surface area contributed by atoms with Crippen LogP contribution < -0.4 is 5.43 Å². The summed E-state index contributed by atoms with van der Waals surface area (Å²) in [4.78, 5) is 12.4. The first kappa shape index (κ1) is 18.9. The van der Waals surface area contributed by atoms with Gasteiger partial charge in [-0.25, -0.2) is 0 Å². The van der Waals surface area contributed by atoms with Crippen LogP contribution in [0, 0.1) is 0 Å². The molecule has 2 aromatic rings. The van der Waals surface area contributed by atoms with Gasteiger partial charge >= 0.3 is 0 Å². The molecule has 0 spiro atoms. The third-order valence-electron chi connectivity index (χ3n) is 4.37. The minimum absolute atomic E-state index is 0.000949. The van der Waals surface area contributed by atoms with Gasteiger partial charge in [0.2, 0.25) is 0 Å². The molecule has 0 saturated carbocycles. The number of methoxy groups -OCH3 is 3. The summed E-state index contributed by atoms with van der Waals surface area (Å²) in [5, 5.41) is 40.2. The maximum atomic E-state index is 12.4. The van der Waals surface area contributed by atoms with Crippen molar-refractivity contribution >= 4 is 16.5 Å². The summed E-state index contributed by atoms with van der Waals surface area (Å²) in [7, 11) is 3.62. The summed E-state index contributed by atoms with van der Waals surface area (Å²) < 4.78 is 21.0. The summed E-state index contributed by atoms with van der Waals surface area (Å²) in [6.07, 6.45) is 2.45. The average molecular weight is 378 g/mol. The van der Waals surface area contributed by atoms with Crippen molar-refractivity contribution in [1.29, 1.82) is 0 Å². The molecule has 0 aliphatic heterocycles. The Bertz CT molecular complexity index is 1010. The average Bonchev–Trinajstić information content (AvgIpc) is 2.60. The van der Waals surface area contributed by atoms with Gasteiger partial charge in [-0.1, -0.05) is 0 Å². The van der Waals surface area contributed by atoms with E-state index in [-0.39, 0.29) is 33.8 Å². The number of aromatic hydroxyl groups is 2. The van der Waals surface area contributed by atoms with Gasteiger partial charge in [0.1, 0.15) is 28.2 Å². The lowest BCUT2D eigenvalue weighted by Crippen LogP contribution is -2.58. The molecule has 1 aromatic carbocycles. The zero-order valence-electron chi connectivity index (χ0n) is 14.7. The number of benzene rings is 1. The predicted octanol–water partition coefficient (Wildman–Crippen LogP) is 0.801. The van der Waals surface area contributed by atoms with E-state index in [1.807, 2.05) is 0 Å². The van der Waals surface area contributed by atoms with Gasteiger partial charge in [-0.2, -0.15) is 0 Å². The number of aliphatic hydroxyl groups is 2. The van der Waals surface area contributed by atoms with E-state index in [2.05, 4.69) is 0 Å². The van der Waals surface area contributed by atoms with Crippen molar-refractivity contribution in [1.82, 2.24) is 0 Å². The monoisotopic (exact) mass is 378 g/mol. The number of hydrogen-bond donors (Lipinski definition) is 4. The number of allylic oxidation sites excluding steroid dienone is 2. The van der Waals surface area contributed by atoms with Crippen LogP contribution in [-0.2, 0) is 14.2 Å². The highest BCUT2D eigenvalue weighted by molar-refractivity contribution is 5.86. The van der Waals surface area contributed by atoms with Crippen molar-refractivity contribution in [2.45, 2.75) is 11.6 Å². The Labute approximate surface area is 152 Å². The van der Waals surface area contributed by atoms with Crippen LogP contribution in [0.25, 0.3) is 16.5 Å². The van der Waals surface area contributed by atoms with E-state index in [9.17, 15) is 25.2 Å². The maximum absolute atomic E-state index is 12.4. The zero-order valence-corrected chi connectivity index (χ0v) is 14.7. The molecule has 0 fully saturated rings. The van der Waals surface area contributed by atoms with Gasteiger partial charge in [-0.15, -0.1) is 0 Å². The second kappa shape index (κ2) is 6.39. The number of ether oxygens (including phenoxy) is 3.